The topological polar surface area (TPSA) is 17.1 Å². The summed E-state index contributed by atoms with van der Waals surface area (Å²) < 4.78 is 0. The molecular formula is C23H40O. The Morgan fingerprint density at radius 2 is 2.00 bits per heavy atom. The monoisotopic (exact) mass is 332 g/mol. The van der Waals surface area contributed by atoms with Crippen molar-refractivity contribution in [3.05, 3.63) is 12.7 Å². The van der Waals surface area contributed by atoms with Gasteiger partial charge < -0.3 is 0 Å². The molecule has 138 valence electrons. The fourth-order valence-corrected chi connectivity index (χ4v) is 6.41. The van der Waals surface area contributed by atoms with E-state index < -0.39 is 0 Å². The highest BCUT2D eigenvalue weighted by Gasteiger charge is 2.60. The van der Waals surface area contributed by atoms with E-state index in [1.54, 1.807) is 0 Å². The molecule has 2 fully saturated rings. The maximum Gasteiger partial charge on any atom is 0.137 e. The van der Waals surface area contributed by atoms with Crippen LogP contribution >= 0.6 is 0 Å². The van der Waals surface area contributed by atoms with Crippen LogP contribution in [0.3, 0.4) is 0 Å². The van der Waals surface area contributed by atoms with Gasteiger partial charge in [0.25, 0.3) is 0 Å². The van der Waals surface area contributed by atoms with Crippen molar-refractivity contribution in [1.29, 1.82) is 0 Å². The normalized spacial score (nSPS) is 40.0. The average Bonchev–Trinajstić information content (AvgIpc) is 2.48. The van der Waals surface area contributed by atoms with Crippen molar-refractivity contribution in [2.45, 2.75) is 86.5 Å². The molecule has 1 nitrogen and oxygen atoms in total. The lowest BCUT2D eigenvalue weighted by Crippen LogP contribution is -2.59. The van der Waals surface area contributed by atoms with Crippen LogP contribution in [0.25, 0.3) is 0 Å². The van der Waals surface area contributed by atoms with Crippen LogP contribution in [-0.4, -0.2) is 5.78 Å². The van der Waals surface area contributed by atoms with Gasteiger partial charge in [-0.1, -0.05) is 60.5 Å². The number of ketones is 1. The quantitative estimate of drug-likeness (QED) is 0.496. The third kappa shape index (κ3) is 3.37. The third-order valence-corrected chi connectivity index (χ3v) is 7.87. The summed E-state index contributed by atoms with van der Waals surface area (Å²) in [5.74, 6) is 3.42. The van der Waals surface area contributed by atoms with E-state index >= 15 is 0 Å². The summed E-state index contributed by atoms with van der Waals surface area (Å²) >= 11 is 0. The molecule has 0 N–H and O–H groups in total. The van der Waals surface area contributed by atoms with Crippen LogP contribution in [-0.2, 0) is 4.79 Å². The van der Waals surface area contributed by atoms with Crippen LogP contribution in [0.2, 0.25) is 0 Å². The summed E-state index contributed by atoms with van der Waals surface area (Å²) in [5.41, 5.74) is 0.302. The van der Waals surface area contributed by atoms with Crippen molar-refractivity contribution in [2.75, 3.05) is 0 Å². The second kappa shape index (κ2) is 7.34. The van der Waals surface area contributed by atoms with E-state index in [1.165, 1.54) is 32.1 Å². The van der Waals surface area contributed by atoms with Crippen LogP contribution in [0.4, 0.5) is 0 Å². The Hall–Kier alpha value is -0.590. The van der Waals surface area contributed by atoms with E-state index in [4.69, 9.17) is 0 Å². The summed E-state index contributed by atoms with van der Waals surface area (Å²) in [6, 6.07) is 0. The Kier molecular flexibility index (Phi) is 6.03. The molecule has 0 radical (unpaired) electrons. The fraction of sp³-hybridized carbons (Fsp3) is 0.870. The molecule has 24 heavy (non-hydrogen) atoms. The first-order valence-electron chi connectivity index (χ1n) is 10.3. The second-order valence-corrected chi connectivity index (χ2v) is 9.89. The third-order valence-electron chi connectivity index (χ3n) is 7.87. The zero-order valence-corrected chi connectivity index (χ0v) is 17.0. The molecule has 2 saturated carbocycles. The van der Waals surface area contributed by atoms with Gasteiger partial charge in [0.2, 0.25) is 0 Å². The lowest BCUT2D eigenvalue weighted by molar-refractivity contribution is -0.165. The summed E-state index contributed by atoms with van der Waals surface area (Å²) in [7, 11) is 0. The molecule has 0 bridgehead atoms. The number of hydrogen-bond donors (Lipinski definition) is 0. The molecule has 2 rings (SSSR count). The minimum Gasteiger partial charge on any atom is -0.299 e. The van der Waals surface area contributed by atoms with Gasteiger partial charge in [-0.25, -0.2) is 0 Å². The average molecular weight is 333 g/mol. The maximum atomic E-state index is 13.1. The second-order valence-electron chi connectivity index (χ2n) is 9.89. The zero-order valence-electron chi connectivity index (χ0n) is 17.0. The molecule has 0 aliphatic heterocycles. The molecule has 6 atom stereocenters. The number of carbonyl (C=O) groups is 1. The maximum absolute atomic E-state index is 13.1. The van der Waals surface area contributed by atoms with E-state index in [0.717, 1.165) is 18.8 Å². The molecule has 0 spiro atoms. The molecule has 0 saturated heterocycles. The van der Waals surface area contributed by atoms with Gasteiger partial charge in [0.1, 0.15) is 5.78 Å². The van der Waals surface area contributed by atoms with Crippen LogP contribution in [0.1, 0.15) is 86.5 Å². The summed E-state index contributed by atoms with van der Waals surface area (Å²) in [6.07, 6.45) is 10.3. The first kappa shape index (κ1) is 19.7. The first-order valence-corrected chi connectivity index (χ1v) is 10.3. The molecule has 1 heteroatoms. The smallest absolute Gasteiger partial charge is 0.137 e. The molecule has 2 aliphatic rings. The van der Waals surface area contributed by atoms with E-state index in [-0.39, 0.29) is 16.7 Å². The molecule has 0 amide bonds. The molecule has 2 aliphatic carbocycles. The Morgan fingerprint density at radius 1 is 1.33 bits per heavy atom. The van der Waals surface area contributed by atoms with E-state index in [2.05, 4.69) is 54.2 Å². The Labute approximate surface area is 150 Å². The predicted molar refractivity (Wildman–Crippen MR) is 104 cm³/mol. The van der Waals surface area contributed by atoms with E-state index in [0.29, 0.717) is 23.5 Å². The van der Waals surface area contributed by atoms with Gasteiger partial charge in [0.05, 0.1) is 0 Å². The summed E-state index contributed by atoms with van der Waals surface area (Å²) in [5, 5.41) is 0. The van der Waals surface area contributed by atoms with Crippen LogP contribution in [0.15, 0.2) is 12.7 Å². The molecule has 0 aromatic carbocycles. The highest BCUT2D eigenvalue weighted by atomic mass is 16.1. The van der Waals surface area contributed by atoms with Crippen LogP contribution in [0, 0.1) is 40.4 Å². The zero-order chi connectivity index (χ0) is 18.1. The van der Waals surface area contributed by atoms with Gasteiger partial charge in [-0.15, -0.1) is 6.58 Å². The van der Waals surface area contributed by atoms with Gasteiger partial charge in [-0.3, -0.25) is 4.79 Å². The van der Waals surface area contributed by atoms with Crippen molar-refractivity contribution in [3.8, 4) is 0 Å². The molecule has 1 unspecified atom stereocenters. The highest BCUT2D eigenvalue weighted by Crippen LogP contribution is 2.63. The SMILES string of the molecule is C=CCC1CCC(C)(C)[C@@H]2C(=O)C[C@H](C)[C@H](CC[C@H](C)CC)[C@@]12C. The minimum atomic E-state index is 0.151. The largest absolute Gasteiger partial charge is 0.299 e. The molecule has 0 heterocycles. The van der Waals surface area contributed by atoms with Gasteiger partial charge >= 0.3 is 0 Å². The van der Waals surface area contributed by atoms with Crippen LogP contribution < -0.4 is 0 Å². The predicted octanol–water partition coefficient (Wildman–Crippen LogP) is 6.67. The Bertz CT molecular complexity index is 463. The summed E-state index contributed by atoms with van der Waals surface area (Å²) in [6.45, 7) is 18.2. The number of carbonyl (C=O) groups excluding carboxylic acids is 1. The van der Waals surface area contributed by atoms with E-state index in [9.17, 15) is 4.79 Å². The van der Waals surface area contributed by atoms with Crippen molar-refractivity contribution in [2.24, 2.45) is 40.4 Å². The van der Waals surface area contributed by atoms with Gasteiger partial charge in [-0.2, -0.15) is 0 Å². The molecular weight excluding hydrogens is 292 g/mol. The molecule has 0 aromatic heterocycles. The highest BCUT2D eigenvalue weighted by molar-refractivity contribution is 5.84. The summed E-state index contributed by atoms with van der Waals surface area (Å²) in [4.78, 5) is 13.1. The fourth-order valence-electron chi connectivity index (χ4n) is 6.41. The number of hydrogen-bond acceptors (Lipinski definition) is 1. The van der Waals surface area contributed by atoms with Gasteiger partial charge in [-0.05, 0) is 60.2 Å². The standard InChI is InChI=1S/C23H40O/c1-8-10-18-13-14-22(5,6)21-20(24)15-17(4)19(23(18,21)7)12-11-16(3)9-2/h8,16-19,21H,1,9-15H2,2-7H3/t16-,17+,18?,19+,21+,23-/m1/s1. The lowest BCUT2D eigenvalue weighted by Gasteiger charge is -2.61. The lowest BCUT2D eigenvalue weighted by atomic mass is 9.42. The number of allylic oxidation sites excluding steroid dienone is 1. The number of fused-ring (bicyclic) bond motifs is 1. The Balaban J connectivity index is 2.40. The Morgan fingerprint density at radius 3 is 2.58 bits per heavy atom. The van der Waals surface area contributed by atoms with Gasteiger partial charge in [0.15, 0.2) is 0 Å². The van der Waals surface area contributed by atoms with Gasteiger partial charge in [0, 0.05) is 12.3 Å². The first-order chi connectivity index (χ1) is 11.2. The van der Waals surface area contributed by atoms with Crippen molar-refractivity contribution < 1.29 is 4.79 Å². The minimum absolute atomic E-state index is 0.151. The van der Waals surface area contributed by atoms with Crippen LogP contribution in [0.5, 0.6) is 0 Å². The van der Waals surface area contributed by atoms with Crippen molar-refractivity contribution >= 4 is 5.78 Å². The van der Waals surface area contributed by atoms with Crippen molar-refractivity contribution in [1.82, 2.24) is 0 Å². The number of Topliss-reactive ketones (excluding diaryl/α,β-unsaturated/α-hetero) is 1. The van der Waals surface area contributed by atoms with Crippen molar-refractivity contribution in [3.63, 3.8) is 0 Å². The molecule has 0 aromatic rings. The van der Waals surface area contributed by atoms with E-state index in [1.807, 2.05) is 0 Å². The number of rotatable bonds is 6.